The fourth-order valence-electron chi connectivity index (χ4n) is 3.42. The van der Waals surface area contributed by atoms with Crippen molar-refractivity contribution in [2.75, 3.05) is 0 Å². The van der Waals surface area contributed by atoms with Crippen LogP contribution >= 0.6 is 23.2 Å². The Balaban J connectivity index is 1.94. The lowest BCUT2D eigenvalue weighted by Crippen LogP contribution is -2.24. The number of rotatable bonds is 7. The van der Waals surface area contributed by atoms with E-state index in [1.807, 2.05) is 0 Å². The molecule has 2 aromatic carbocycles. The van der Waals surface area contributed by atoms with Gasteiger partial charge in [0.1, 0.15) is 5.69 Å². The minimum Gasteiger partial charge on any atom is -0.478 e. The summed E-state index contributed by atoms with van der Waals surface area (Å²) in [7, 11) is 1.33. The molecular formula is C23H19Cl2F2N3O3. The molecule has 0 aliphatic heterocycles. The van der Waals surface area contributed by atoms with Gasteiger partial charge in [0.25, 0.3) is 12.3 Å². The summed E-state index contributed by atoms with van der Waals surface area (Å²) < 4.78 is 28.6. The number of aryl methyl sites for hydroxylation is 2. The van der Waals surface area contributed by atoms with Gasteiger partial charge in [0.15, 0.2) is 0 Å². The maximum absolute atomic E-state index is 13.8. The zero-order valence-corrected chi connectivity index (χ0v) is 19.1. The summed E-state index contributed by atoms with van der Waals surface area (Å²) in [5, 5.41) is 16.5. The molecule has 33 heavy (non-hydrogen) atoms. The second-order valence-corrected chi connectivity index (χ2v) is 8.14. The maximum Gasteiger partial charge on any atom is 0.335 e. The number of aromatic carboxylic acids is 1. The number of carbonyl (C=O) groups is 2. The lowest BCUT2D eigenvalue weighted by atomic mass is 10.0. The molecule has 0 saturated carbocycles. The monoisotopic (exact) mass is 493 g/mol. The minimum absolute atomic E-state index is 0.0685. The number of halogens is 4. The number of amides is 1. The zero-order chi connectivity index (χ0) is 24.4. The first kappa shape index (κ1) is 24.4. The highest BCUT2D eigenvalue weighted by Gasteiger charge is 2.28. The highest BCUT2D eigenvalue weighted by molar-refractivity contribution is 6.42. The minimum atomic E-state index is -2.95. The van der Waals surface area contributed by atoms with E-state index in [2.05, 4.69) is 17.0 Å². The van der Waals surface area contributed by atoms with E-state index in [1.54, 1.807) is 31.2 Å². The number of aromatic nitrogens is 2. The number of nitrogens with zero attached hydrogens (tertiary/aromatic N) is 2. The topological polar surface area (TPSA) is 84.2 Å². The third kappa shape index (κ3) is 5.23. The Bertz CT molecular complexity index is 1270. The molecule has 172 valence electrons. The van der Waals surface area contributed by atoms with E-state index >= 15 is 0 Å². The second-order valence-electron chi connectivity index (χ2n) is 7.32. The number of alkyl halides is 2. The Kier molecular flexibility index (Phi) is 7.19. The molecule has 0 atom stereocenters. The summed E-state index contributed by atoms with van der Waals surface area (Å²) in [6, 6.07) is 9.22. The smallest absolute Gasteiger partial charge is 0.335 e. The van der Waals surface area contributed by atoms with Crippen molar-refractivity contribution in [1.29, 1.82) is 0 Å². The molecule has 0 bridgehead atoms. The van der Waals surface area contributed by atoms with Crippen molar-refractivity contribution < 1.29 is 23.5 Å². The van der Waals surface area contributed by atoms with Crippen LogP contribution in [0.3, 0.4) is 0 Å². The van der Waals surface area contributed by atoms with Crippen molar-refractivity contribution in [3.63, 3.8) is 0 Å². The van der Waals surface area contributed by atoms with Gasteiger partial charge in [-0.2, -0.15) is 5.10 Å². The first-order valence-electron chi connectivity index (χ1n) is 9.62. The zero-order valence-electron chi connectivity index (χ0n) is 17.6. The number of carbonyl (C=O) groups excluding carboxylic acids is 1. The van der Waals surface area contributed by atoms with E-state index in [9.17, 15) is 18.4 Å². The number of hydrogen-bond donors (Lipinski definition) is 2. The summed E-state index contributed by atoms with van der Waals surface area (Å²) >= 11 is 12.0. The van der Waals surface area contributed by atoms with E-state index in [1.165, 1.54) is 19.2 Å². The van der Waals surface area contributed by atoms with Crippen LogP contribution in [0.4, 0.5) is 8.78 Å². The van der Waals surface area contributed by atoms with Gasteiger partial charge in [-0.15, -0.1) is 0 Å². The Morgan fingerprint density at radius 2 is 1.88 bits per heavy atom. The number of carboxylic acid groups (broad SMARTS) is 1. The van der Waals surface area contributed by atoms with Crippen molar-refractivity contribution in [3.05, 3.63) is 92.2 Å². The van der Waals surface area contributed by atoms with Crippen molar-refractivity contribution in [1.82, 2.24) is 15.1 Å². The predicted octanol–water partition coefficient (Wildman–Crippen LogP) is 5.66. The van der Waals surface area contributed by atoms with Crippen LogP contribution < -0.4 is 5.32 Å². The highest BCUT2D eigenvalue weighted by Crippen LogP contribution is 2.29. The van der Waals surface area contributed by atoms with Crippen molar-refractivity contribution in [2.24, 2.45) is 7.05 Å². The first-order chi connectivity index (χ1) is 15.5. The molecule has 1 aromatic heterocycles. The maximum atomic E-state index is 13.8. The van der Waals surface area contributed by atoms with Gasteiger partial charge in [-0.3, -0.25) is 9.48 Å². The first-order valence-corrected chi connectivity index (χ1v) is 10.4. The number of hydrogen-bond acceptors (Lipinski definition) is 3. The van der Waals surface area contributed by atoms with Crippen LogP contribution in [-0.4, -0.2) is 26.8 Å². The van der Waals surface area contributed by atoms with E-state index < -0.39 is 24.0 Å². The van der Waals surface area contributed by atoms with Gasteiger partial charge in [-0.25, -0.2) is 13.6 Å². The van der Waals surface area contributed by atoms with Gasteiger partial charge in [-0.1, -0.05) is 41.9 Å². The molecule has 6 nitrogen and oxygen atoms in total. The molecule has 0 fully saturated rings. The molecule has 0 spiro atoms. The second kappa shape index (κ2) is 9.72. The van der Waals surface area contributed by atoms with Crippen LogP contribution in [0.1, 0.15) is 55.2 Å². The van der Waals surface area contributed by atoms with Crippen molar-refractivity contribution in [3.8, 4) is 0 Å². The van der Waals surface area contributed by atoms with Gasteiger partial charge < -0.3 is 10.4 Å². The van der Waals surface area contributed by atoms with E-state index in [0.717, 1.165) is 4.68 Å². The molecule has 3 aromatic rings. The fraction of sp³-hybridized carbons (Fsp3) is 0.174. The fourth-order valence-corrected chi connectivity index (χ4v) is 3.74. The molecular weight excluding hydrogens is 475 g/mol. The van der Waals surface area contributed by atoms with Crippen LogP contribution in [0.2, 0.25) is 10.0 Å². The SMILES string of the molecule is C=C(NC(=O)c1c(Cc2ccc(Cl)c(Cl)c2)nn(C)c1C(F)F)c1ccc(C(=O)O)c(C)c1. The molecule has 2 N–H and O–H groups in total. The predicted molar refractivity (Wildman–Crippen MR) is 122 cm³/mol. The third-order valence-electron chi connectivity index (χ3n) is 5.02. The summed E-state index contributed by atoms with van der Waals surface area (Å²) in [5.74, 6) is -1.89. The largest absolute Gasteiger partial charge is 0.478 e. The standard InChI is InChI=1S/C23H19Cl2F2N3O3/c1-11-8-14(5-6-15(11)23(32)33)12(2)28-22(31)19-18(29-30(3)20(19)21(26)27)10-13-4-7-16(24)17(25)9-13/h4-9,21H,2,10H2,1,3H3,(H,28,31)(H,32,33). The van der Waals surface area contributed by atoms with Gasteiger partial charge in [0.05, 0.1) is 26.9 Å². The van der Waals surface area contributed by atoms with Crippen LogP contribution in [0, 0.1) is 6.92 Å². The summed E-state index contributed by atoms with van der Waals surface area (Å²) in [6.07, 6.45) is -2.88. The molecule has 0 radical (unpaired) electrons. The van der Waals surface area contributed by atoms with Crippen LogP contribution in [0.5, 0.6) is 0 Å². The van der Waals surface area contributed by atoms with Gasteiger partial charge in [-0.05, 0) is 47.9 Å². The molecule has 0 aliphatic carbocycles. The van der Waals surface area contributed by atoms with Crippen molar-refractivity contribution >= 4 is 40.8 Å². The Labute approximate surface area is 198 Å². The van der Waals surface area contributed by atoms with Crippen LogP contribution in [-0.2, 0) is 13.5 Å². The van der Waals surface area contributed by atoms with Gasteiger partial charge in [0.2, 0.25) is 0 Å². The Morgan fingerprint density at radius 1 is 1.18 bits per heavy atom. The van der Waals surface area contributed by atoms with E-state index in [-0.39, 0.29) is 28.9 Å². The lowest BCUT2D eigenvalue weighted by molar-refractivity contribution is 0.0695. The summed E-state index contributed by atoms with van der Waals surface area (Å²) in [6.45, 7) is 5.40. The quantitative estimate of drug-likeness (QED) is 0.444. The van der Waals surface area contributed by atoms with Crippen molar-refractivity contribution in [2.45, 2.75) is 19.8 Å². The third-order valence-corrected chi connectivity index (χ3v) is 5.76. The number of nitrogens with one attached hydrogen (secondary N) is 1. The van der Waals surface area contributed by atoms with Crippen LogP contribution in [0.15, 0.2) is 43.0 Å². The van der Waals surface area contributed by atoms with Crippen LogP contribution in [0.25, 0.3) is 5.70 Å². The van der Waals surface area contributed by atoms with Gasteiger partial charge in [0, 0.05) is 19.2 Å². The summed E-state index contributed by atoms with van der Waals surface area (Å²) in [4.78, 5) is 24.3. The Hall–Kier alpha value is -3.23. The normalized spacial score (nSPS) is 11.0. The van der Waals surface area contributed by atoms with Gasteiger partial charge >= 0.3 is 5.97 Å². The molecule has 0 aliphatic rings. The van der Waals surface area contributed by atoms with E-state index in [0.29, 0.717) is 26.7 Å². The lowest BCUT2D eigenvalue weighted by Gasteiger charge is -2.12. The summed E-state index contributed by atoms with van der Waals surface area (Å²) in [5.41, 5.74) is 1.11. The Morgan fingerprint density at radius 3 is 2.45 bits per heavy atom. The molecule has 10 heteroatoms. The average Bonchev–Trinajstić information content (AvgIpc) is 3.06. The highest BCUT2D eigenvalue weighted by atomic mass is 35.5. The molecule has 0 unspecified atom stereocenters. The molecule has 1 heterocycles. The molecule has 0 saturated heterocycles. The number of benzene rings is 2. The molecule has 1 amide bonds. The van der Waals surface area contributed by atoms with E-state index in [4.69, 9.17) is 28.3 Å². The number of carboxylic acids is 1. The molecule has 3 rings (SSSR count). The average molecular weight is 494 g/mol.